The SMILES string of the molecule is CCc1nc(C)c(CN2CC3(C2)CN(C(=O)N2CC4(CC(n5cnc(C6CC6)n5)C4)C2)C3)[nH]1. The zero-order valence-corrected chi connectivity index (χ0v) is 19.8. The van der Waals surface area contributed by atoms with Crippen LogP contribution in [0.4, 0.5) is 4.79 Å². The van der Waals surface area contributed by atoms with Gasteiger partial charge in [0.05, 0.1) is 17.4 Å². The number of hydrogen-bond acceptors (Lipinski definition) is 5. The Morgan fingerprint density at radius 2 is 1.79 bits per heavy atom. The number of urea groups is 1. The zero-order chi connectivity index (χ0) is 22.4. The van der Waals surface area contributed by atoms with Crippen LogP contribution in [0.5, 0.6) is 0 Å². The van der Waals surface area contributed by atoms with Gasteiger partial charge in [0.25, 0.3) is 0 Å². The third-order valence-electron chi connectivity index (χ3n) is 8.70. The van der Waals surface area contributed by atoms with Crippen LogP contribution in [0.3, 0.4) is 0 Å². The van der Waals surface area contributed by atoms with E-state index in [2.05, 4.69) is 48.2 Å². The van der Waals surface area contributed by atoms with Crippen LogP contribution in [0.25, 0.3) is 0 Å². The molecule has 5 aliphatic rings. The van der Waals surface area contributed by atoms with Crippen LogP contribution >= 0.6 is 0 Å². The average molecular weight is 451 g/mol. The van der Waals surface area contributed by atoms with Crippen molar-refractivity contribution in [2.45, 2.75) is 64.5 Å². The number of imidazole rings is 1. The molecule has 2 amide bonds. The molecule has 0 unspecified atom stereocenters. The minimum atomic E-state index is 0.252. The van der Waals surface area contributed by atoms with Gasteiger partial charge in [0.1, 0.15) is 12.2 Å². The summed E-state index contributed by atoms with van der Waals surface area (Å²) in [5, 5.41) is 4.70. The molecule has 9 heteroatoms. The Balaban J connectivity index is 0.853. The van der Waals surface area contributed by atoms with E-state index in [0.29, 0.717) is 22.8 Å². The highest BCUT2D eigenvalue weighted by Crippen LogP contribution is 2.54. The Morgan fingerprint density at radius 3 is 2.42 bits per heavy atom. The topological polar surface area (TPSA) is 86.2 Å². The number of aromatic nitrogens is 5. The van der Waals surface area contributed by atoms with Crippen molar-refractivity contribution >= 4 is 6.03 Å². The predicted molar refractivity (Wildman–Crippen MR) is 122 cm³/mol. The van der Waals surface area contributed by atoms with E-state index in [1.807, 2.05) is 6.33 Å². The molecule has 2 aliphatic carbocycles. The number of aromatic amines is 1. The molecule has 5 fully saturated rings. The fraction of sp³-hybridized carbons (Fsp3) is 0.750. The largest absolute Gasteiger partial charge is 0.345 e. The van der Waals surface area contributed by atoms with Gasteiger partial charge in [0, 0.05) is 69.0 Å². The first-order chi connectivity index (χ1) is 15.9. The van der Waals surface area contributed by atoms with E-state index in [-0.39, 0.29) is 6.03 Å². The van der Waals surface area contributed by atoms with Crippen molar-refractivity contribution in [3.63, 3.8) is 0 Å². The Labute approximate surface area is 194 Å². The summed E-state index contributed by atoms with van der Waals surface area (Å²) in [7, 11) is 0. The quantitative estimate of drug-likeness (QED) is 0.756. The van der Waals surface area contributed by atoms with Crippen molar-refractivity contribution < 1.29 is 4.79 Å². The minimum absolute atomic E-state index is 0.252. The Hall–Kier alpha value is -2.42. The summed E-state index contributed by atoms with van der Waals surface area (Å²) in [4.78, 5) is 32.1. The number of aryl methyl sites for hydroxylation is 2. The number of carbonyl (C=O) groups excluding carboxylic acids is 1. The molecule has 176 valence electrons. The van der Waals surface area contributed by atoms with Crippen molar-refractivity contribution in [2.75, 3.05) is 39.3 Å². The molecule has 0 radical (unpaired) electrons. The number of nitrogens with one attached hydrogen (secondary N) is 1. The lowest BCUT2D eigenvalue weighted by molar-refractivity contribution is -0.120. The van der Waals surface area contributed by atoms with Crippen LogP contribution in [0.1, 0.15) is 67.6 Å². The highest BCUT2D eigenvalue weighted by atomic mass is 16.2. The smallest absolute Gasteiger partial charge is 0.320 e. The lowest BCUT2D eigenvalue weighted by Crippen LogP contribution is -2.75. The third-order valence-corrected chi connectivity index (χ3v) is 8.70. The van der Waals surface area contributed by atoms with Gasteiger partial charge < -0.3 is 14.8 Å². The second-order valence-corrected chi connectivity index (χ2v) is 11.7. The van der Waals surface area contributed by atoms with Crippen LogP contribution in [0.15, 0.2) is 6.33 Å². The molecule has 2 aromatic heterocycles. The molecule has 0 atom stereocenters. The van der Waals surface area contributed by atoms with Gasteiger partial charge in [-0.05, 0) is 32.6 Å². The van der Waals surface area contributed by atoms with Crippen LogP contribution in [0.2, 0.25) is 0 Å². The molecule has 0 bridgehead atoms. The minimum Gasteiger partial charge on any atom is -0.345 e. The number of carbonyl (C=O) groups is 1. The average Bonchev–Trinajstić information content (AvgIpc) is 3.31. The maximum atomic E-state index is 13.0. The molecule has 5 heterocycles. The molecule has 3 aliphatic heterocycles. The molecule has 9 nitrogen and oxygen atoms in total. The van der Waals surface area contributed by atoms with Crippen LogP contribution < -0.4 is 0 Å². The van der Waals surface area contributed by atoms with Gasteiger partial charge in [-0.3, -0.25) is 4.90 Å². The van der Waals surface area contributed by atoms with Gasteiger partial charge in [-0.25, -0.2) is 19.4 Å². The molecule has 7 rings (SSSR count). The molecule has 0 aromatic carbocycles. The Bertz CT molecular complexity index is 1070. The molecule has 2 saturated carbocycles. The van der Waals surface area contributed by atoms with Gasteiger partial charge in [0.15, 0.2) is 5.82 Å². The van der Waals surface area contributed by atoms with Crippen molar-refractivity contribution in [1.82, 2.24) is 39.4 Å². The normalized spacial score (nSPS) is 25.6. The summed E-state index contributed by atoms with van der Waals surface area (Å²) >= 11 is 0. The van der Waals surface area contributed by atoms with E-state index in [0.717, 1.165) is 82.4 Å². The highest BCUT2D eigenvalue weighted by Gasteiger charge is 2.58. The van der Waals surface area contributed by atoms with Gasteiger partial charge in [0.2, 0.25) is 0 Å². The second kappa shape index (κ2) is 6.81. The maximum absolute atomic E-state index is 13.0. The van der Waals surface area contributed by atoms with Gasteiger partial charge in [-0.15, -0.1) is 0 Å². The van der Waals surface area contributed by atoms with Gasteiger partial charge in [-0.1, -0.05) is 6.92 Å². The number of nitrogens with zero attached hydrogens (tertiary/aromatic N) is 7. The predicted octanol–water partition coefficient (Wildman–Crippen LogP) is 2.32. The van der Waals surface area contributed by atoms with Crippen molar-refractivity contribution in [3.8, 4) is 0 Å². The van der Waals surface area contributed by atoms with Crippen LogP contribution in [0, 0.1) is 17.8 Å². The number of likely N-dealkylation sites (tertiary alicyclic amines) is 3. The second-order valence-electron chi connectivity index (χ2n) is 11.7. The van der Waals surface area contributed by atoms with E-state index < -0.39 is 0 Å². The molecular formula is C24H34N8O. The third kappa shape index (κ3) is 3.22. The lowest BCUT2D eigenvalue weighted by Gasteiger charge is -2.63. The van der Waals surface area contributed by atoms with E-state index in [4.69, 9.17) is 5.10 Å². The summed E-state index contributed by atoms with van der Waals surface area (Å²) in [6, 6.07) is 0.726. The van der Waals surface area contributed by atoms with E-state index in [1.165, 1.54) is 18.5 Å². The zero-order valence-electron chi connectivity index (χ0n) is 19.8. The lowest BCUT2D eigenvalue weighted by atomic mass is 9.60. The summed E-state index contributed by atoms with van der Waals surface area (Å²) in [5.74, 6) is 2.73. The van der Waals surface area contributed by atoms with Gasteiger partial charge in [-0.2, -0.15) is 5.10 Å². The molecule has 2 spiro atoms. The Kier molecular flexibility index (Phi) is 4.12. The van der Waals surface area contributed by atoms with Crippen molar-refractivity contribution in [1.29, 1.82) is 0 Å². The standard InChI is InChI=1S/C24H34N8O/c1-3-20-26-16(2)19(27-20)8-29-9-24(10-29)13-31(14-24)22(33)30-11-23(12-30)6-18(7-23)32-15-25-21(28-32)17-4-5-17/h15,17-18H,3-14H2,1-2H3,(H,26,27). The molecule has 2 aromatic rings. The summed E-state index contributed by atoms with van der Waals surface area (Å²) in [6.07, 6.45) is 7.63. The van der Waals surface area contributed by atoms with E-state index >= 15 is 0 Å². The summed E-state index contributed by atoms with van der Waals surface area (Å²) < 4.78 is 2.08. The van der Waals surface area contributed by atoms with E-state index in [9.17, 15) is 4.79 Å². The highest BCUT2D eigenvalue weighted by molar-refractivity contribution is 5.77. The number of rotatable bonds is 5. The molecular weight excluding hydrogens is 416 g/mol. The molecule has 3 saturated heterocycles. The van der Waals surface area contributed by atoms with Crippen molar-refractivity contribution in [2.24, 2.45) is 10.8 Å². The first-order valence-electron chi connectivity index (χ1n) is 12.6. The van der Waals surface area contributed by atoms with Crippen LogP contribution in [-0.4, -0.2) is 84.7 Å². The molecule has 1 N–H and O–H groups in total. The molecule has 33 heavy (non-hydrogen) atoms. The number of amides is 2. The summed E-state index contributed by atoms with van der Waals surface area (Å²) in [6.45, 7) is 11.0. The monoisotopic (exact) mass is 450 g/mol. The summed E-state index contributed by atoms with van der Waals surface area (Å²) in [5.41, 5.74) is 3.03. The first-order valence-corrected chi connectivity index (χ1v) is 12.6. The van der Waals surface area contributed by atoms with Gasteiger partial charge >= 0.3 is 6.03 Å². The fourth-order valence-corrected chi connectivity index (χ4v) is 6.70. The van der Waals surface area contributed by atoms with Crippen molar-refractivity contribution in [3.05, 3.63) is 29.4 Å². The first kappa shape index (κ1) is 20.0. The van der Waals surface area contributed by atoms with Crippen LogP contribution in [-0.2, 0) is 13.0 Å². The number of hydrogen-bond donors (Lipinski definition) is 1. The van der Waals surface area contributed by atoms with E-state index in [1.54, 1.807) is 0 Å². The number of H-pyrrole nitrogens is 1. The Morgan fingerprint density at radius 1 is 1.09 bits per heavy atom. The maximum Gasteiger partial charge on any atom is 0.320 e. The fourth-order valence-electron chi connectivity index (χ4n) is 6.70.